The van der Waals surface area contributed by atoms with Gasteiger partial charge in [-0.3, -0.25) is 0 Å². The highest BCUT2D eigenvalue weighted by Crippen LogP contribution is 2.26. The Morgan fingerprint density at radius 2 is 1.76 bits per heavy atom. The molecule has 0 saturated carbocycles. The van der Waals surface area contributed by atoms with Crippen LogP contribution in [-0.4, -0.2) is 21.9 Å². The molecule has 0 aliphatic rings. The third kappa shape index (κ3) is 4.18. The summed E-state index contributed by atoms with van der Waals surface area (Å²) < 4.78 is 8.15. The smallest absolute Gasteiger partial charge is 0.169 e. The molecule has 0 unspecified atom stereocenters. The summed E-state index contributed by atoms with van der Waals surface area (Å²) in [6.07, 6.45) is 0. The zero-order valence-corrected chi connectivity index (χ0v) is 16.3. The van der Waals surface area contributed by atoms with Crippen molar-refractivity contribution >= 4 is 22.8 Å². The maximum atomic E-state index is 5.89. The molecule has 0 spiro atoms. The predicted molar refractivity (Wildman–Crippen MR) is 107 cm³/mol. The van der Waals surface area contributed by atoms with Gasteiger partial charge in [0.25, 0.3) is 0 Å². The van der Waals surface area contributed by atoms with Crippen LogP contribution in [0.25, 0.3) is 11.0 Å². The maximum Gasteiger partial charge on any atom is 0.169 e. The van der Waals surface area contributed by atoms with Gasteiger partial charge in [-0.1, -0.05) is 56.8 Å². The number of aryl methyl sites for hydroxylation is 1. The second kappa shape index (κ2) is 7.52. The normalized spacial score (nSPS) is 11.8. The number of thioether (sulfide) groups is 1. The number of rotatable bonds is 6. The van der Waals surface area contributed by atoms with Crippen LogP contribution in [0.5, 0.6) is 5.75 Å². The molecule has 3 aromatic rings. The lowest BCUT2D eigenvalue weighted by Gasteiger charge is -2.19. The first-order valence-corrected chi connectivity index (χ1v) is 9.79. The van der Waals surface area contributed by atoms with Crippen LogP contribution < -0.4 is 4.74 Å². The zero-order chi connectivity index (χ0) is 17.9. The summed E-state index contributed by atoms with van der Waals surface area (Å²) in [5, 5.41) is 1.07. The van der Waals surface area contributed by atoms with Crippen molar-refractivity contribution in [3.8, 4) is 5.75 Å². The van der Waals surface area contributed by atoms with Gasteiger partial charge >= 0.3 is 0 Å². The summed E-state index contributed by atoms with van der Waals surface area (Å²) in [5.74, 6) is 1.81. The minimum absolute atomic E-state index is 0.174. The van der Waals surface area contributed by atoms with Crippen molar-refractivity contribution < 1.29 is 4.74 Å². The molecule has 0 aliphatic heterocycles. The molecule has 4 heteroatoms. The highest BCUT2D eigenvalue weighted by Gasteiger charge is 2.13. The molecule has 2 aromatic carbocycles. The van der Waals surface area contributed by atoms with E-state index in [2.05, 4.69) is 74.7 Å². The van der Waals surface area contributed by atoms with Crippen molar-refractivity contribution in [1.82, 2.24) is 9.55 Å². The fourth-order valence-corrected chi connectivity index (χ4v) is 3.71. The van der Waals surface area contributed by atoms with E-state index in [1.54, 1.807) is 11.8 Å². The first-order valence-electron chi connectivity index (χ1n) is 8.80. The number of nitrogens with zero attached hydrogens (tertiary/aromatic N) is 2. The number of imidazole rings is 1. The molecular formula is C21H26N2OS. The quantitative estimate of drug-likeness (QED) is 0.430. The Bertz CT molecular complexity index is 831. The van der Waals surface area contributed by atoms with Crippen LogP contribution in [-0.2, 0) is 12.0 Å². The molecule has 0 radical (unpaired) electrons. The number of aromatic nitrogens is 2. The van der Waals surface area contributed by atoms with Crippen molar-refractivity contribution in [1.29, 1.82) is 0 Å². The van der Waals surface area contributed by atoms with Crippen molar-refractivity contribution in [2.24, 2.45) is 0 Å². The van der Waals surface area contributed by atoms with Crippen LogP contribution in [0, 0.1) is 0 Å². The summed E-state index contributed by atoms with van der Waals surface area (Å²) in [6, 6.07) is 16.7. The van der Waals surface area contributed by atoms with Crippen molar-refractivity contribution in [3.05, 3.63) is 54.1 Å². The van der Waals surface area contributed by atoms with Gasteiger partial charge in [-0.15, -0.1) is 0 Å². The third-order valence-corrected chi connectivity index (χ3v) is 5.18. The van der Waals surface area contributed by atoms with Gasteiger partial charge in [0.15, 0.2) is 5.16 Å². The van der Waals surface area contributed by atoms with Gasteiger partial charge in [-0.2, -0.15) is 0 Å². The van der Waals surface area contributed by atoms with E-state index in [9.17, 15) is 0 Å². The average molecular weight is 355 g/mol. The Hall–Kier alpha value is -1.94. The van der Waals surface area contributed by atoms with Crippen LogP contribution in [0.3, 0.4) is 0 Å². The lowest BCUT2D eigenvalue weighted by atomic mass is 9.87. The first-order chi connectivity index (χ1) is 12.0. The van der Waals surface area contributed by atoms with Gasteiger partial charge in [-0.05, 0) is 42.2 Å². The molecular weight excluding hydrogens is 328 g/mol. The van der Waals surface area contributed by atoms with E-state index in [0.717, 1.165) is 28.7 Å². The zero-order valence-electron chi connectivity index (χ0n) is 15.5. The Morgan fingerprint density at radius 3 is 2.44 bits per heavy atom. The number of hydrogen-bond acceptors (Lipinski definition) is 3. The number of para-hydroxylation sites is 2. The van der Waals surface area contributed by atoms with Crippen LogP contribution in [0.4, 0.5) is 0 Å². The van der Waals surface area contributed by atoms with Crippen LogP contribution in [0.15, 0.2) is 53.7 Å². The topological polar surface area (TPSA) is 27.1 Å². The van der Waals surface area contributed by atoms with Crippen molar-refractivity contribution in [2.75, 3.05) is 12.4 Å². The number of benzene rings is 2. The second-order valence-electron chi connectivity index (χ2n) is 7.10. The molecule has 0 saturated heterocycles. The predicted octanol–water partition coefficient (Wildman–Crippen LogP) is 5.52. The largest absolute Gasteiger partial charge is 0.493 e. The van der Waals surface area contributed by atoms with Crippen molar-refractivity contribution in [3.63, 3.8) is 0 Å². The van der Waals surface area contributed by atoms with E-state index in [-0.39, 0.29) is 5.41 Å². The number of fused-ring (bicyclic) bond motifs is 1. The molecule has 0 bridgehead atoms. The third-order valence-electron chi connectivity index (χ3n) is 4.24. The molecule has 0 atom stereocenters. The molecule has 0 aliphatic carbocycles. The number of hydrogen-bond donors (Lipinski definition) is 0. The summed E-state index contributed by atoms with van der Waals surface area (Å²) in [6.45, 7) is 10.4. The Labute approximate surface area is 154 Å². The Kier molecular flexibility index (Phi) is 5.38. The summed E-state index contributed by atoms with van der Waals surface area (Å²) in [4.78, 5) is 4.74. The second-order valence-corrected chi connectivity index (χ2v) is 8.16. The lowest BCUT2D eigenvalue weighted by Crippen LogP contribution is -2.10. The highest BCUT2D eigenvalue weighted by molar-refractivity contribution is 7.99. The molecule has 3 rings (SSSR count). The molecule has 0 amide bonds. The van der Waals surface area contributed by atoms with Gasteiger partial charge in [0, 0.05) is 12.3 Å². The van der Waals surface area contributed by atoms with Gasteiger partial charge in [0.05, 0.1) is 17.6 Å². The Balaban J connectivity index is 1.57. The van der Waals surface area contributed by atoms with Gasteiger partial charge in [-0.25, -0.2) is 4.98 Å². The van der Waals surface area contributed by atoms with Gasteiger partial charge < -0.3 is 9.30 Å². The van der Waals surface area contributed by atoms with Crippen LogP contribution in [0.2, 0.25) is 0 Å². The van der Waals surface area contributed by atoms with Gasteiger partial charge in [0.1, 0.15) is 5.75 Å². The monoisotopic (exact) mass is 354 g/mol. The molecule has 25 heavy (non-hydrogen) atoms. The molecule has 0 fully saturated rings. The number of ether oxygens (including phenoxy) is 1. The van der Waals surface area contributed by atoms with E-state index < -0.39 is 0 Å². The standard InChI is InChI=1S/C21H26N2OS/c1-5-23-19-9-7-6-8-18(19)22-20(23)25-15-14-24-17-12-10-16(11-13-17)21(2,3)4/h6-13H,5,14-15H2,1-4H3. The molecule has 3 nitrogen and oxygen atoms in total. The van der Waals surface area contributed by atoms with E-state index in [1.807, 2.05) is 6.07 Å². The first kappa shape index (κ1) is 17.9. The van der Waals surface area contributed by atoms with Crippen LogP contribution in [0.1, 0.15) is 33.3 Å². The van der Waals surface area contributed by atoms with Crippen molar-refractivity contribution in [2.45, 2.75) is 44.8 Å². The summed E-state index contributed by atoms with van der Waals surface area (Å²) >= 11 is 1.75. The van der Waals surface area contributed by atoms with E-state index in [4.69, 9.17) is 9.72 Å². The summed E-state index contributed by atoms with van der Waals surface area (Å²) in [5.41, 5.74) is 3.76. The Morgan fingerprint density at radius 1 is 1.04 bits per heavy atom. The van der Waals surface area contributed by atoms with Crippen LogP contribution >= 0.6 is 11.8 Å². The molecule has 132 valence electrons. The molecule has 1 heterocycles. The fraction of sp³-hybridized carbons (Fsp3) is 0.381. The average Bonchev–Trinajstić information content (AvgIpc) is 2.95. The molecule has 1 aromatic heterocycles. The SMILES string of the molecule is CCn1c(SCCOc2ccc(C(C)(C)C)cc2)nc2ccccc21. The lowest BCUT2D eigenvalue weighted by molar-refractivity contribution is 0.343. The van der Waals surface area contributed by atoms with E-state index in [0.29, 0.717) is 6.61 Å². The van der Waals surface area contributed by atoms with Gasteiger partial charge in [0.2, 0.25) is 0 Å². The van der Waals surface area contributed by atoms with E-state index >= 15 is 0 Å². The minimum atomic E-state index is 0.174. The molecule has 0 N–H and O–H groups in total. The fourth-order valence-electron chi connectivity index (χ4n) is 2.81. The summed E-state index contributed by atoms with van der Waals surface area (Å²) in [7, 11) is 0. The minimum Gasteiger partial charge on any atom is -0.493 e. The van der Waals surface area contributed by atoms with E-state index in [1.165, 1.54) is 11.1 Å². The highest BCUT2D eigenvalue weighted by atomic mass is 32.2. The maximum absolute atomic E-state index is 5.89.